The van der Waals surface area contributed by atoms with Crippen molar-refractivity contribution in [2.45, 2.75) is 18.8 Å². The molecule has 0 fully saturated rings. The van der Waals surface area contributed by atoms with Gasteiger partial charge in [-0.05, 0) is 24.1 Å². The predicted octanol–water partition coefficient (Wildman–Crippen LogP) is 2.78. The van der Waals surface area contributed by atoms with E-state index in [4.69, 9.17) is 4.99 Å². The first kappa shape index (κ1) is 12.9. The fourth-order valence-electron chi connectivity index (χ4n) is 2.98. The van der Waals surface area contributed by atoms with Gasteiger partial charge in [-0.15, -0.1) is 0 Å². The standard InChI is InChI=1S/C17H19N3/c1-2-17(16-19-12-13-20-16,14-8-4-3-5-9-14)15-10-6-7-11-18-15/h3-11H,2,12-13H2,1H3,(H,19,20). The van der Waals surface area contributed by atoms with Crippen LogP contribution in [-0.4, -0.2) is 23.9 Å². The van der Waals surface area contributed by atoms with E-state index in [-0.39, 0.29) is 5.41 Å². The van der Waals surface area contributed by atoms with Gasteiger partial charge in [0.2, 0.25) is 0 Å². The molecule has 20 heavy (non-hydrogen) atoms. The van der Waals surface area contributed by atoms with Gasteiger partial charge >= 0.3 is 0 Å². The Labute approximate surface area is 119 Å². The van der Waals surface area contributed by atoms with E-state index < -0.39 is 0 Å². The number of aromatic nitrogens is 1. The molecule has 0 saturated heterocycles. The molecule has 1 aromatic heterocycles. The second kappa shape index (κ2) is 5.45. The van der Waals surface area contributed by atoms with Gasteiger partial charge < -0.3 is 5.32 Å². The molecule has 0 saturated carbocycles. The Morgan fingerprint density at radius 3 is 2.50 bits per heavy atom. The van der Waals surface area contributed by atoms with Crippen LogP contribution in [0.25, 0.3) is 0 Å². The van der Waals surface area contributed by atoms with Gasteiger partial charge in [-0.2, -0.15) is 0 Å². The molecule has 3 rings (SSSR count). The van der Waals surface area contributed by atoms with Gasteiger partial charge in [0, 0.05) is 12.7 Å². The van der Waals surface area contributed by atoms with E-state index in [0.717, 1.165) is 31.0 Å². The van der Waals surface area contributed by atoms with Crippen LogP contribution in [0.1, 0.15) is 24.6 Å². The van der Waals surface area contributed by atoms with E-state index in [1.165, 1.54) is 5.56 Å². The summed E-state index contributed by atoms with van der Waals surface area (Å²) in [5, 5.41) is 3.46. The lowest BCUT2D eigenvalue weighted by Gasteiger charge is -2.33. The van der Waals surface area contributed by atoms with Gasteiger partial charge in [0.15, 0.2) is 0 Å². The van der Waals surface area contributed by atoms with Gasteiger partial charge in [0.05, 0.1) is 17.7 Å². The van der Waals surface area contributed by atoms with Crippen LogP contribution in [0, 0.1) is 0 Å². The Morgan fingerprint density at radius 2 is 1.90 bits per heavy atom. The number of nitrogens with zero attached hydrogens (tertiary/aromatic N) is 2. The number of aliphatic imine (C=N–C) groups is 1. The Balaban J connectivity index is 2.21. The highest BCUT2D eigenvalue weighted by atomic mass is 15.1. The van der Waals surface area contributed by atoms with Crippen LogP contribution in [0.4, 0.5) is 0 Å². The van der Waals surface area contributed by atoms with Crippen molar-refractivity contribution in [2.75, 3.05) is 13.1 Å². The van der Waals surface area contributed by atoms with Gasteiger partial charge in [0.1, 0.15) is 5.84 Å². The third-order valence-electron chi connectivity index (χ3n) is 3.98. The van der Waals surface area contributed by atoms with Crippen molar-refractivity contribution in [3.63, 3.8) is 0 Å². The third-order valence-corrected chi connectivity index (χ3v) is 3.98. The van der Waals surface area contributed by atoms with Crippen molar-refractivity contribution in [3.8, 4) is 0 Å². The highest BCUT2D eigenvalue weighted by Crippen LogP contribution is 2.36. The predicted molar refractivity (Wildman–Crippen MR) is 82.1 cm³/mol. The minimum Gasteiger partial charge on any atom is -0.371 e. The van der Waals surface area contributed by atoms with Crippen molar-refractivity contribution in [2.24, 2.45) is 4.99 Å². The Kier molecular flexibility index (Phi) is 3.50. The van der Waals surface area contributed by atoms with Crippen molar-refractivity contribution in [3.05, 3.63) is 66.0 Å². The molecule has 102 valence electrons. The topological polar surface area (TPSA) is 37.3 Å². The lowest BCUT2D eigenvalue weighted by molar-refractivity contribution is 0.621. The second-order valence-corrected chi connectivity index (χ2v) is 5.00. The van der Waals surface area contributed by atoms with E-state index in [1.54, 1.807) is 0 Å². The Hall–Kier alpha value is -2.16. The Morgan fingerprint density at radius 1 is 1.10 bits per heavy atom. The fourth-order valence-corrected chi connectivity index (χ4v) is 2.98. The first-order valence-electron chi connectivity index (χ1n) is 7.14. The summed E-state index contributed by atoms with van der Waals surface area (Å²) >= 11 is 0. The van der Waals surface area contributed by atoms with Crippen molar-refractivity contribution in [1.82, 2.24) is 10.3 Å². The average Bonchev–Trinajstić information content (AvgIpc) is 3.06. The van der Waals surface area contributed by atoms with Crippen LogP contribution in [0.3, 0.4) is 0 Å². The maximum atomic E-state index is 4.70. The minimum atomic E-state index is -0.265. The van der Waals surface area contributed by atoms with Crippen LogP contribution in [0.2, 0.25) is 0 Å². The van der Waals surface area contributed by atoms with Crippen LogP contribution in [0.5, 0.6) is 0 Å². The lowest BCUT2D eigenvalue weighted by Crippen LogP contribution is -2.43. The molecule has 0 bridgehead atoms. The molecular formula is C17H19N3. The summed E-state index contributed by atoms with van der Waals surface area (Å²) in [6.45, 7) is 3.96. The third kappa shape index (κ3) is 1.99. The van der Waals surface area contributed by atoms with Crippen LogP contribution < -0.4 is 5.32 Å². The van der Waals surface area contributed by atoms with E-state index >= 15 is 0 Å². The molecule has 1 atom stereocenters. The maximum absolute atomic E-state index is 4.70. The second-order valence-electron chi connectivity index (χ2n) is 5.00. The quantitative estimate of drug-likeness (QED) is 0.923. The van der Waals surface area contributed by atoms with Gasteiger partial charge in [-0.25, -0.2) is 0 Å². The van der Waals surface area contributed by atoms with E-state index in [1.807, 2.05) is 24.4 Å². The van der Waals surface area contributed by atoms with Crippen molar-refractivity contribution in [1.29, 1.82) is 0 Å². The SMILES string of the molecule is CCC(C1=NCCN1)(c1ccccc1)c1ccccn1. The molecular weight excluding hydrogens is 246 g/mol. The van der Waals surface area contributed by atoms with Crippen molar-refractivity contribution >= 4 is 5.84 Å². The number of amidine groups is 1. The van der Waals surface area contributed by atoms with E-state index in [9.17, 15) is 0 Å². The summed E-state index contributed by atoms with van der Waals surface area (Å²) in [6.07, 6.45) is 2.79. The van der Waals surface area contributed by atoms with Crippen LogP contribution in [0.15, 0.2) is 59.7 Å². The molecule has 1 aliphatic rings. The zero-order chi connectivity index (χ0) is 13.8. The van der Waals surface area contributed by atoms with E-state index in [2.05, 4.69) is 47.6 Å². The number of rotatable bonds is 4. The molecule has 1 N–H and O–H groups in total. The zero-order valence-electron chi connectivity index (χ0n) is 11.7. The Bertz CT molecular complexity index is 551. The molecule has 0 spiro atoms. The summed E-state index contributed by atoms with van der Waals surface area (Å²) in [5.74, 6) is 1.05. The molecule has 0 radical (unpaired) electrons. The molecule has 3 heteroatoms. The van der Waals surface area contributed by atoms with Gasteiger partial charge in [-0.3, -0.25) is 9.98 Å². The largest absolute Gasteiger partial charge is 0.371 e. The summed E-state index contributed by atoms with van der Waals surface area (Å²) in [4.78, 5) is 9.32. The van der Waals surface area contributed by atoms with E-state index in [0.29, 0.717) is 0 Å². The fraction of sp³-hybridized carbons (Fsp3) is 0.294. The normalized spacial score (nSPS) is 17.1. The molecule has 0 amide bonds. The zero-order valence-corrected chi connectivity index (χ0v) is 11.7. The van der Waals surface area contributed by atoms with Crippen LogP contribution >= 0.6 is 0 Å². The molecule has 1 aliphatic heterocycles. The maximum Gasteiger partial charge on any atom is 0.113 e. The molecule has 1 unspecified atom stereocenters. The molecule has 2 heterocycles. The van der Waals surface area contributed by atoms with Gasteiger partial charge in [0.25, 0.3) is 0 Å². The highest BCUT2D eigenvalue weighted by molar-refractivity contribution is 5.97. The number of benzene rings is 1. The summed E-state index contributed by atoms with van der Waals surface area (Å²) < 4.78 is 0. The molecule has 1 aromatic carbocycles. The number of hydrogen-bond acceptors (Lipinski definition) is 3. The molecule has 2 aromatic rings. The summed E-state index contributed by atoms with van der Waals surface area (Å²) in [5.41, 5.74) is 2.04. The number of pyridine rings is 1. The van der Waals surface area contributed by atoms with Crippen LogP contribution in [-0.2, 0) is 5.41 Å². The number of hydrogen-bond donors (Lipinski definition) is 1. The van der Waals surface area contributed by atoms with Crippen molar-refractivity contribution < 1.29 is 0 Å². The highest BCUT2D eigenvalue weighted by Gasteiger charge is 2.40. The average molecular weight is 265 g/mol. The first-order chi connectivity index (χ1) is 9.88. The lowest BCUT2D eigenvalue weighted by atomic mass is 9.73. The number of nitrogens with one attached hydrogen (secondary N) is 1. The summed E-state index contributed by atoms with van der Waals surface area (Å²) in [7, 11) is 0. The monoisotopic (exact) mass is 265 g/mol. The smallest absolute Gasteiger partial charge is 0.113 e. The van der Waals surface area contributed by atoms with Gasteiger partial charge in [-0.1, -0.05) is 43.3 Å². The first-order valence-corrected chi connectivity index (χ1v) is 7.14. The molecule has 0 aliphatic carbocycles. The minimum absolute atomic E-state index is 0.265. The molecule has 3 nitrogen and oxygen atoms in total. The summed E-state index contributed by atoms with van der Waals surface area (Å²) in [6, 6.07) is 16.6.